The van der Waals surface area contributed by atoms with Crippen LogP contribution < -0.4 is 5.32 Å². The zero-order valence-electron chi connectivity index (χ0n) is 16.8. The summed E-state index contributed by atoms with van der Waals surface area (Å²) in [5.41, 5.74) is 0.141. The third-order valence-corrected chi connectivity index (χ3v) is 5.64. The van der Waals surface area contributed by atoms with Crippen molar-refractivity contribution in [3.05, 3.63) is 40.1 Å². The van der Waals surface area contributed by atoms with Crippen molar-refractivity contribution in [1.82, 2.24) is 24.2 Å². The van der Waals surface area contributed by atoms with Crippen LogP contribution in [-0.4, -0.2) is 49.8 Å². The minimum absolute atomic E-state index is 0.232. The summed E-state index contributed by atoms with van der Waals surface area (Å²) < 4.78 is 41.7. The van der Waals surface area contributed by atoms with Gasteiger partial charge in [-0.1, -0.05) is 26.0 Å². The summed E-state index contributed by atoms with van der Waals surface area (Å²) in [5, 5.41) is 6.10. The Hall–Kier alpha value is -2.40. The smallest absolute Gasteiger partial charge is 0.309 e. The van der Waals surface area contributed by atoms with Crippen LogP contribution in [0.4, 0.5) is 19.1 Å². The molecule has 0 aliphatic heterocycles. The molecule has 7 nitrogen and oxygen atoms in total. The Morgan fingerprint density at radius 2 is 1.90 bits per heavy atom. The summed E-state index contributed by atoms with van der Waals surface area (Å²) in [6, 6.07) is 7.42. The number of anilines is 1. The van der Waals surface area contributed by atoms with Gasteiger partial charge in [0.15, 0.2) is 5.69 Å². The van der Waals surface area contributed by atoms with Crippen molar-refractivity contribution in [3.63, 3.8) is 0 Å². The first-order chi connectivity index (χ1) is 14.2. The highest BCUT2D eigenvalue weighted by atomic mass is 79.9. The fourth-order valence-corrected chi connectivity index (χ4v) is 4.01. The van der Waals surface area contributed by atoms with Crippen LogP contribution in [0.25, 0.3) is 11.0 Å². The lowest BCUT2D eigenvalue weighted by Gasteiger charge is -2.19. The molecule has 0 saturated carbocycles. The summed E-state index contributed by atoms with van der Waals surface area (Å²) in [6.45, 7) is 7.20. The number of alkyl halides is 3. The molecule has 0 spiro atoms. The Kier molecular flexibility index (Phi) is 6.51. The second kappa shape index (κ2) is 8.76. The van der Waals surface area contributed by atoms with Gasteiger partial charge < -0.3 is 9.47 Å². The molecule has 1 amide bonds. The van der Waals surface area contributed by atoms with E-state index in [1.54, 1.807) is 0 Å². The highest BCUT2D eigenvalue weighted by molar-refractivity contribution is 9.10. The Morgan fingerprint density at radius 3 is 2.50 bits per heavy atom. The van der Waals surface area contributed by atoms with E-state index < -0.39 is 22.3 Å². The Balaban J connectivity index is 1.95. The molecule has 0 atom stereocenters. The van der Waals surface area contributed by atoms with Crippen molar-refractivity contribution in [3.8, 4) is 0 Å². The van der Waals surface area contributed by atoms with E-state index in [0.29, 0.717) is 12.1 Å². The molecule has 3 rings (SSSR count). The van der Waals surface area contributed by atoms with Gasteiger partial charge in [0.05, 0.1) is 15.5 Å². The average Bonchev–Trinajstić information content (AvgIpc) is 3.19. The maximum Gasteiger partial charge on any atom is 0.436 e. The average molecular weight is 487 g/mol. The number of imidazole rings is 1. The molecule has 30 heavy (non-hydrogen) atoms. The topological polar surface area (TPSA) is 68.0 Å². The van der Waals surface area contributed by atoms with E-state index in [1.807, 2.05) is 28.8 Å². The largest absolute Gasteiger partial charge is 0.436 e. The maximum absolute atomic E-state index is 13.1. The third-order valence-electron chi connectivity index (χ3n) is 4.89. The number of nitrogens with zero attached hydrogens (tertiary/aromatic N) is 5. The minimum Gasteiger partial charge on any atom is -0.309 e. The molecule has 0 aliphatic carbocycles. The first-order valence-electron chi connectivity index (χ1n) is 9.46. The molecule has 0 unspecified atom stereocenters. The number of aromatic nitrogens is 4. The van der Waals surface area contributed by atoms with Crippen LogP contribution in [-0.2, 0) is 19.8 Å². The lowest BCUT2D eigenvalue weighted by atomic mass is 10.3. The SMILES string of the molecule is CCN(CC)CCn1c(NC(=O)c2c(Br)c(C(F)(F)F)nn2C)nc2ccccc21. The van der Waals surface area contributed by atoms with Crippen LogP contribution in [0.1, 0.15) is 30.0 Å². The van der Waals surface area contributed by atoms with Crippen molar-refractivity contribution in [2.45, 2.75) is 26.6 Å². The lowest BCUT2D eigenvalue weighted by Crippen LogP contribution is -2.28. The van der Waals surface area contributed by atoms with Crippen molar-refractivity contribution in [2.24, 2.45) is 7.05 Å². The van der Waals surface area contributed by atoms with Crippen LogP contribution in [0.3, 0.4) is 0 Å². The number of nitrogens with one attached hydrogen (secondary N) is 1. The zero-order chi connectivity index (χ0) is 22.1. The van der Waals surface area contributed by atoms with Gasteiger partial charge in [-0.25, -0.2) is 4.98 Å². The van der Waals surface area contributed by atoms with E-state index >= 15 is 0 Å². The maximum atomic E-state index is 13.1. The molecule has 0 aliphatic rings. The van der Waals surface area contributed by atoms with Gasteiger partial charge in [0.2, 0.25) is 5.95 Å². The van der Waals surface area contributed by atoms with Gasteiger partial charge in [0, 0.05) is 20.1 Å². The monoisotopic (exact) mass is 486 g/mol. The number of fused-ring (bicyclic) bond motifs is 1. The number of hydrogen-bond donors (Lipinski definition) is 1. The molecule has 11 heteroatoms. The van der Waals surface area contributed by atoms with Crippen molar-refractivity contribution in [2.75, 3.05) is 25.0 Å². The molecule has 0 saturated heterocycles. The summed E-state index contributed by atoms with van der Waals surface area (Å²) >= 11 is 2.88. The quantitative estimate of drug-likeness (QED) is 0.544. The number of benzene rings is 1. The zero-order valence-corrected chi connectivity index (χ0v) is 18.4. The second-order valence-corrected chi connectivity index (χ2v) is 7.48. The van der Waals surface area contributed by atoms with Gasteiger partial charge >= 0.3 is 6.18 Å². The number of carbonyl (C=O) groups excluding carboxylic acids is 1. The van der Waals surface area contributed by atoms with Gasteiger partial charge in [-0.15, -0.1) is 0 Å². The predicted molar refractivity (Wildman–Crippen MR) is 111 cm³/mol. The molecule has 162 valence electrons. The molecular formula is C19H22BrF3N6O. The van der Waals surface area contributed by atoms with E-state index in [0.717, 1.165) is 29.8 Å². The first-order valence-corrected chi connectivity index (χ1v) is 10.2. The molecule has 3 aromatic rings. The molecule has 1 N–H and O–H groups in total. The lowest BCUT2D eigenvalue weighted by molar-refractivity contribution is -0.142. The van der Waals surface area contributed by atoms with Gasteiger partial charge in [0.1, 0.15) is 5.69 Å². The number of aryl methyl sites for hydroxylation is 1. The number of hydrogen-bond acceptors (Lipinski definition) is 4. The summed E-state index contributed by atoms with van der Waals surface area (Å²) in [5.74, 6) is -0.457. The first kappa shape index (κ1) is 22.3. The number of likely N-dealkylation sites (N-methyl/N-ethyl adjacent to an activating group) is 1. The number of carbonyl (C=O) groups is 1. The molecule has 2 heterocycles. The van der Waals surface area contributed by atoms with Crippen molar-refractivity contribution < 1.29 is 18.0 Å². The summed E-state index contributed by atoms with van der Waals surface area (Å²) in [4.78, 5) is 19.5. The van der Waals surface area contributed by atoms with Crippen molar-refractivity contribution in [1.29, 1.82) is 0 Å². The molecule has 2 aromatic heterocycles. The molecule has 1 aromatic carbocycles. The summed E-state index contributed by atoms with van der Waals surface area (Å²) in [7, 11) is 1.29. The highest BCUT2D eigenvalue weighted by Gasteiger charge is 2.39. The van der Waals surface area contributed by atoms with E-state index in [2.05, 4.69) is 50.1 Å². The number of rotatable bonds is 7. The summed E-state index contributed by atoms with van der Waals surface area (Å²) in [6.07, 6.45) is -4.67. The number of para-hydroxylation sites is 2. The second-order valence-electron chi connectivity index (χ2n) is 6.69. The number of amides is 1. The van der Waals surface area contributed by atoms with E-state index in [9.17, 15) is 18.0 Å². The number of halogens is 4. The van der Waals surface area contributed by atoms with E-state index in [4.69, 9.17) is 0 Å². The molecule has 0 radical (unpaired) electrons. The van der Waals surface area contributed by atoms with Gasteiger partial charge in [-0.05, 0) is 41.2 Å². The van der Waals surface area contributed by atoms with Crippen LogP contribution in [0, 0.1) is 0 Å². The van der Waals surface area contributed by atoms with Crippen molar-refractivity contribution >= 4 is 38.8 Å². The highest BCUT2D eigenvalue weighted by Crippen LogP contribution is 2.35. The Bertz CT molecular complexity index is 1050. The Morgan fingerprint density at radius 1 is 1.23 bits per heavy atom. The minimum atomic E-state index is -4.67. The van der Waals surface area contributed by atoms with Gasteiger partial charge in [-0.2, -0.15) is 18.3 Å². The van der Waals surface area contributed by atoms with Crippen LogP contribution in [0.15, 0.2) is 28.7 Å². The predicted octanol–water partition coefficient (Wildman–Crippen LogP) is 4.15. The normalized spacial score (nSPS) is 12.1. The van der Waals surface area contributed by atoms with E-state index in [-0.39, 0.29) is 11.6 Å². The molecular weight excluding hydrogens is 465 g/mol. The fraction of sp³-hybridized carbons (Fsp3) is 0.421. The third kappa shape index (κ3) is 4.36. The van der Waals surface area contributed by atoms with E-state index in [1.165, 1.54) is 7.05 Å². The van der Waals surface area contributed by atoms with Gasteiger partial charge in [-0.3, -0.25) is 14.8 Å². The van der Waals surface area contributed by atoms with Crippen LogP contribution >= 0.6 is 15.9 Å². The standard InChI is InChI=1S/C19H22BrF3N6O/c1-4-28(5-2)10-11-29-13-9-7-6-8-12(13)24-18(29)25-17(30)15-14(20)16(19(21,22)23)26-27(15)3/h6-9H,4-5,10-11H2,1-3H3,(H,24,25,30). The fourth-order valence-electron chi connectivity index (χ4n) is 3.27. The molecule has 0 fully saturated rings. The van der Waals surface area contributed by atoms with Crippen LogP contribution in [0.5, 0.6) is 0 Å². The van der Waals surface area contributed by atoms with Gasteiger partial charge in [0.25, 0.3) is 5.91 Å². The Labute approximate surface area is 180 Å². The molecule has 0 bridgehead atoms. The van der Waals surface area contributed by atoms with Crippen LogP contribution in [0.2, 0.25) is 0 Å².